The number of rotatable bonds is 4. The highest BCUT2D eigenvalue weighted by Crippen LogP contribution is 2.24. The van der Waals surface area contributed by atoms with Gasteiger partial charge >= 0.3 is 5.97 Å². The van der Waals surface area contributed by atoms with Gasteiger partial charge in [-0.2, -0.15) is 0 Å². The molecule has 0 atom stereocenters. The monoisotopic (exact) mass is 350 g/mol. The van der Waals surface area contributed by atoms with Gasteiger partial charge in [-0.25, -0.2) is 9.78 Å². The van der Waals surface area contributed by atoms with Crippen molar-refractivity contribution in [3.63, 3.8) is 0 Å². The van der Waals surface area contributed by atoms with Crippen molar-refractivity contribution in [2.45, 2.75) is 13.5 Å². The molecule has 0 aliphatic heterocycles. The van der Waals surface area contributed by atoms with Crippen molar-refractivity contribution in [2.24, 2.45) is 0 Å². The molecule has 5 nitrogen and oxygen atoms in total. The molecule has 6 heteroatoms. The van der Waals surface area contributed by atoms with Crippen LogP contribution in [0.5, 0.6) is 0 Å². The third-order valence-corrected chi connectivity index (χ3v) is 4.64. The molecule has 0 saturated heterocycles. The number of benzene rings is 1. The normalized spacial score (nSPS) is 10.9. The number of ether oxygens (including phenoxy) is 1. The zero-order valence-electron chi connectivity index (χ0n) is 13.4. The van der Waals surface area contributed by atoms with Crippen LogP contribution in [-0.2, 0) is 11.3 Å². The lowest BCUT2D eigenvalue weighted by atomic mass is 10.2. The molecule has 3 heterocycles. The average Bonchev–Trinajstić information content (AvgIpc) is 3.28. The summed E-state index contributed by atoms with van der Waals surface area (Å²) in [5, 5.41) is 1.99. The fourth-order valence-corrected chi connectivity index (χ4v) is 3.22. The van der Waals surface area contributed by atoms with Crippen LogP contribution in [0.15, 0.2) is 58.3 Å². The number of carbonyl (C=O) groups is 1. The van der Waals surface area contributed by atoms with Gasteiger partial charge in [0.1, 0.15) is 5.52 Å². The number of carbonyl (C=O) groups excluding carboxylic acids is 1. The molecule has 0 aliphatic rings. The number of nitrogens with zero attached hydrogens (tertiary/aromatic N) is 2. The van der Waals surface area contributed by atoms with Gasteiger partial charge < -0.3 is 9.15 Å². The SMILES string of the molecule is Cc1nc(-c2cccs2)ccc1C(=O)OCc1nc2ccccc2o1. The Morgan fingerprint density at radius 2 is 2.00 bits per heavy atom. The van der Waals surface area contributed by atoms with Crippen molar-refractivity contribution in [1.82, 2.24) is 9.97 Å². The van der Waals surface area contributed by atoms with E-state index >= 15 is 0 Å². The van der Waals surface area contributed by atoms with E-state index in [1.807, 2.05) is 47.8 Å². The number of oxazole rings is 1. The second-order valence-electron chi connectivity index (χ2n) is 5.46. The van der Waals surface area contributed by atoms with Crippen LogP contribution in [0.25, 0.3) is 21.7 Å². The third-order valence-electron chi connectivity index (χ3n) is 3.74. The first kappa shape index (κ1) is 15.5. The predicted octanol–water partition coefficient (Wildman–Crippen LogP) is 4.62. The lowest BCUT2D eigenvalue weighted by molar-refractivity contribution is 0.0439. The molecular formula is C19H14N2O3S. The van der Waals surface area contributed by atoms with Crippen molar-refractivity contribution in [3.8, 4) is 10.6 Å². The summed E-state index contributed by atoms with van der Waals surface area (Å²) in [4.78, 5) is 22.2. The predicted molar refractivity (Wildman–Crippen MR) is 95.4 cm³/mol. The Balaban J connectivity index is 1.49. The number of thiophene rings is 1. The molecule has 0 aliphatic carbocycles. The van der Waals surface area contributed by atoms with E-state index in [9.17, 15) is 4.79 Å². The highest BCUT2D eigenvalue weighted by molar-refractivity contribution is 7.13. The minimum Gasteiger partial charge on any atom is -0.452 e. The Hall–Kier alpha value is -2.99. The molecule has 124 valence electrons. The van der Waals surface area contributed by atoms with E-state index in [2.05, 4.69) is 9.97 Å². The van der Waals surface area contributed by atoms with Crippen LogP contribution in [0.3, 0.4) is 0 Å². The largest absolute Gasteiger partial charge is 0.452 e. The van der Waals surface area contributed by atoms with E-state index in [0.717, 1.165) is 16.1 Å². The summed E-state index contributed by atoms with van der Waals surface area (Å²) in [5.41, 5.74) is 3.34. The molecule has 3 aromatic heterocycles. The first-order chi connectivity index (χ1) is 12.2. The lowest BCUT2D eigenvalue weighted by Gasteiger charge is -2.06. The van der Waals surface area contributed by atoms with Crippen molar-refractivity contribution >= 4 is 28.4 Å². The van der Waals surface area contributed by atoms with Gasteiger partial charge in [0, 0.05) is 0 Å². The molecule has 0 radical (unpaired) electrons. The quantitative estimate of drug-likeness (QED) is 0.503. The van der Waals surface area contributed by atoms with Gasteiger partial charge in [0.15, 0.2) is 12.2 Å². The first-order valence-corrected chi connectivity index (χ1v) is 8.62. The molecule has 0 bridgehead atoms. The molecule has 0 N–H and O–H groups in total. The molecule has 25 heavy (non-hydrogen) atoms. The number of fused-ring (bicyclic) bond motifs is 1. The average molecular weight is 350 g/mol. The first-order valence-electron chi connectivity index (χ1n) is 7.74. The maximum Gasteiger partial charge on any atom is 0.340 e. The fraction of sp³-hybridized carbons (Fsp3) is 0.105. The number of para-hydroxylation sites is 2. The molecule has 1 aromatic carbocycles. The molecule has 0 unspecified atom stereocenters. The van der Waals surface area contributed by atoms with Crippen molar-refractivity contribution in [1.29, 1.82) is 0 Å². The number of aryl methyl sites for hydroxylation is 1. The van der Waals surface area contributed by atoms with Gasteiger partial charge in [0.05, 0.1) is 21.8 Å². The second-order valence-corrected chi connectivity index (χ2v) is 6.41. The Morgan fingerprint density at radius 3 is 2.76 bits per heavy atom. The third kappa shape index (κ3) is 3.16. The topological polar surface area (TPSA) is 65.2 Å². The van der Waals surface area contributed by atoms with E-state index in [1.165, 1.54) is 0 Å². The van der Waals surface area contributed by atoms with E-state index in [1.54, 1.807) is 24.3 Å². The minimum absolute atomic E-state index is 0.0143. The summed E-state index contributed by atoms with van der Waals surface area (Å²) in [5.74, 6) is -0.0691. The number of hydrogen-bond acceptors (Lipinski definition) is 6. The number of pyridine rings is 1. The zero-order valence-corrected chi connectivity index (χ0v) is 14.2. The van der Waals surface area contributed by atoms with Gasteiger partial charge in [-0.15, -0.1) is 11.3 Å². The summed E-state index contributed by atoms with van der Waals surface area (Å²) >= 11 is 1.61. The van der Waals surface area contributed by atoms with Crippen LogP contribution in [0.4, 0.5) is 0 Å². The van der Waals surface area contributed by atoms with E-state index in [4.69, 9.17) is 9.15 Å². The molecule has 0 fully saturated rings. The summed E-state index contributed by atoms with van der Waals surface area (Å²) in [7, 11) is 0. The Morgan fingerprint density at radius 1 is 1.12 bits per heavy atom. The standard InChI is InChI=1S/C19H14N2O3S/c1-12-13(8-9-15(20-12)17-7-4-10-25-17)19(22)23-11-18-21-14-5-2-3-6-16(14)24-18/h2-10H,11H2,1H3. The molecule has 4 aromatic rings. The molecule has 0 amide bonds. The van der Waals surface area contributed by atoms with Gasteiger partial charge in [0.25, 0.3) is 0 Å². The number of esters is 1. The number of hydrogen-bond donors (Lipinski definition) is 0. The highest BCUT2D eigenvalue weighted by Gasteiger charge is 2.15. The maximum atomic E-state index is 12.3. The second kappa shape index (κ2) is 6.49. The van der Waals surface area contributed by atoms with Crippen molar-refractivity contribution in [2.75, 3.05) is 0 Å². The Kier molecular flexibility index (Phi) is 4.03. The summed E-state index contributed by atoms with van der Waals surface area (Å²) in [6, 6.07) is 15.0. The van der Waals surface area contributed by atoms with Crippen LogP contribution in [-0.4, -0.2) is 15.9 Å². The fourth-order valence-electron chi connectivity index (χ4n) is 2.53. The van der Waals surface area contributed by atoms with Crippen LogP contribution >= 0.6 is 11.3 Å². The smallest absolute Gasteiger partial charge is 0.340 e. The van der Waals surface area contributed by atoms with Gasteiger partial charge in [-0.05, 0) is 42.6 Å². The maximum absolute atomic E-state index is 12.3. The van der Waals surface area contributed by atoms with Crippen LogP contribution in [0, 0.1) is 6.92 Å². The minimum atomic E-state index is -0.440. The highest BCUT2D eigenvalue weighted by atomic mass is 32.1. The Bertz CT molecular complexity index is 1000. The summed E-state index contributed by atoms with van der Waals surface area (Å²) in [6.45, 7) is 1.78. The molecular weight excluding hydrogens is 336 g/mol. The molecule has 4 rings (SSSR count). The number of aromatic nitrogens is 2. The van der Waals surface area contributed by atoms with Crippen LogP contribution in [0.2, 0.25) is 0 Å². The van der Waals surface area contributed by atoms with Crippen LogP contribution < -0.4 is 0 Å². The summed E-state index contributed by atoms with van der Waals surface area (Å²) in [6.07, 6.45) is 0. The van der Waals surface area contributed by atoms with Crippen molar-refractivity contribution < 1.29 is 13.9 Å². The van der Waals surface area contributed by atoms with E-state index in [-0.39, 0.29) is 6.61 Å². The van der Waals surface area contributed by atoms with Crippen molar-refractivity contribution in [3.05, 3.63) is 71.1 Å². The van der Waals surface area contributed by atoms with Crippen LogP contribution in [0.1, 0.15) is 21.9 Å². The summed E-state index contributed by atoms with van der Waals surface area (Å²) < 4.78 is 10.9. The van der Waals surface area contributed by atoms with E-state index < -0.39 is 5.97 Å². The zero-order chi connectivity index (χ0) is 17.2. The van der Waals surface area contributed by atoms with Gasteiger partial charge in [-0.1, -0.05) is 18.2 Å². The molecule has 0 saturated carbocycles. The molecule has 0 spiro atoms. The van der Waals surface area contributed by atoms with Gasteiger partial charge in [0.2, 0.25) is 5.89 Å². The van der Waals surface area contributed by atoms with E-state index in [0.29, 0.717) is 22.7 Å². The lowest BCUT2D eigenvalue weighted by Crippen LogP contribution is -2.08. The van der Waals surface area contributed by atoms with Gasteiger partial charge in [-0.3, -0.25) is 4.98 Å². The Labute approximate surface area is 147 Å².